The molecule has 4 N–H and O–H groups in total. The van der Waals surface area contributed by atoms with Crippen LogP contribution in [0.2, 0.25) is 0 Å². The van der Waals surface area contributed by atoms with Gasteiger partial charge in [0, 0.05) is 19.5 Å². The summed E-state index contributed by atoms with van der Waals surface area (Å²) in [5.41, 5.74) is 5.22. The molecule has 2 aliphatic heterocycles. The van der Waals surface area contributed by atoms with E-state index in [-0.39, 0.29) is 32.7 Å². The number of urea groups is 1. The van der Waals surface area contributed by atoms with E-state index in [4.69, 9.17) is 15.6 Å². The van der Waals surface area contributed by atoms with Crippen LogP contribution in [0.25, 0.3) is 0 Å². The van der Waals surface area contributed by atoms with Gasteiger partial charge >= 0.3 is 12.0 Å². The lowest BCUT2D eigenvalue weighted by Gasteiger charge is -2.37. The number of primary amides is 1. The van der Waals surface area contributed by atoms with Gasteiger partial charge in [0.05, 0.1) is 19.3 Å². The Morgan fingerprint density at radius 2 is 1.90 bits per heavy atom. The number of hydrogen-bond donors (Lipinski definition) is 3. The Bertz CT molecular complexity index is 408. The highest BCUT2D eigenvalue weighted by Gasteiger charge is 2.43. The maximum absolute atomic E-state index is 12.4. The molecule has 0 aromatic rings. The van der Waals surface area contributed by atoms with Crippen LogP contribution in [0, 0.1) is 0 Å². The standard InChI is InChI=1S/C11H17N3O6/c12-9(16)8-5-20-2-1-13(8)11(19)14-4-6(15)3-7(14)10(17)18/h6-8,15H,1-5H2,(H2,12,16)(H,17,18)/t6?,7-,8?/m0/s1. The molecule has 2 unspecified atom stereocenters. The van der Waals surface area contributed by atoms with Gasteiger partial charge in [0.15, 0.2) is 0 Å². The number of nitrogens with two attached hydrogens (primary N) is 1. The molecule has 2 heterocycles. The van der Waals surface area contributed by atoms with Gasteiger partial charge in [-0.1, -0.05) is 0 Å². The van der Waals surface area contributed by atoms with E-state index in [1.807, 2.05) is 0 Å². The summed E-state index contributed by atoms with van der Waals surface area (Å²) in [7, 11) is 0. The van der Waals surface area contributed by atoms with E-state index in [0.717, 1.165) is 4.90 Å². The van der Waals surface area contributed by atoms with Crippen molar-refractivity contribution in [3.05, 3.63) is 0 Å². The van der Waals surface area contributed by atoms with E-state index in [0.29, 0.717) is 0 Å². The smallest absolute Gasteiger partial charge is 0.326 e. The lowest BCUT2D eigenvalue weighted by atomic mass is 10.2. The number of aliphatic hydroxyl groups is 1. The lowest BCUT2D eigenvalue weighted by Crippen LogP contribution is -2.59. The Morgan fingerprint density at radius 3 is 2.50 bits per heavy atom. The number of carbonyl (C=O) groups is 3. The third-order valence-electron chi connectivity index (χ3n) is 3.51. The number of nitrogens with zero attached hydrogens (tertiary/aromatic N) is 2. The molecule has 20 heavy (non-hydrogen) atoms. The fourth-order valence-corrected chi connectivity index (χ4v) is 2.49. The highest BCUT2D eigenvalue weighted by molar-refractivity contribution is 5.88. The second-order valence-electron chi connectivity index (χ2n) is 4.86. The van der Waals surface area contributed by atoms with E-state index in [2.05, 4.69) is 0 Å². The van der Waals surface area contributed by atoms with E-state index >= 15 is 0 Å². The van der Waals surface area contributed by atoms with Gasteiger partial charge in [-0.2, -0.15) is 0 Å². The fraction of sp³-hybridized carbons (Fsp3) is 0.727. The molecule has 9 heteroatoms. The lowest BCUT2D eigenvalue weighted by molar-refractivity contribution is -0.141. The molecule has 0 aromatic heterocycles. The minimum atomic E-state index is -1.18. The van der Waals surface area contributed by atoms with Crippen LogP contribution in [0.1, 0.15) is 6.42 Å². The number of likely N-dealkylation sites (tertiary alicyclic amines) is 1. The summed E-state index contributed by atoms with van der Waals surface area (Å²) in [6.07, 6.45) is -0.903. The number of hydrogen-bond acceptors (Lipinski definition) is 5. The summed E-state index contributed by atoms with van der Waals surface area (Å²) < 4.78 is 5.10. The average Bonchev–Trinajstić information content (AvgIpc) is 2.80. The summed E-state index contributed by atoms with van der Waals surface area (Å²) in [5, 5.41) is 18.6. The normalized spacial score (nSPS) is 30.4. The Labute approximate surface area is 114 Å². The van der Waals surface area contributed by atoms with Gasteiger partial charge < -0.3 is 30.5 Å². The number of carboxylic acid groups (broad SMARTS) is 1. The number of ether oxygens (including phenoxy) is 1. The molecule has 3 amide bonds. The van der Waals surface area contributed by atoms with Crippen molar-refractivity contribution < 1.29 is 29.3 Å². The Kier molecular flexibility index (Phi) is 4.09. The van der Waals surface area contributed by atoms with Crippen molar-refractivity contribution in [1.29, 1.82) is 0 Å². The van der Waals surface area contributed by atoms with Crippen molar-refractivity contribution in [2.75, 3.05) is 26.3 Å². The average molecular weight is 287 g/mol. The van der Waals surface area contributed by atoms with Crippen LogP contribution in [0.5, 0.6) is 0 Å². The molecule has 2 saturated heterocycles. The summed E-state index contributed by atoms with van der Waals surface area (Å²) >= 11 is 0. The van der Waals surface area contributed by atoms with Crippen LogP contribution in [0.3, 0.4) is 0 Å². The Hall–Kier alpha value is -1.87. The first-order valence-corrected chi connectivity index (χ1v) is 6.27. The van der Waals surface area contributed by atoms with E-state index in [9.17, 15) is 19.5 Å². The van der Waals surface area contributed by atoms with Crippen LogP contribution in [-0.2, 0) is 14.3 Å². The van der Waals surface area contributed by atoms with Gasteiger partial charge in [0.2, 0.25) is 5.91 Å². The van der Waals surface area contributed by atoms with Gasteiger partial charge in [0.1, 0.15) is 12.1 Å². The summed E-state index contributed by atoms with van der Waals surface area (Å²) in [6.45, 7) is 0.336. The SMILES string of the molecule is NC(=O)C1COCCN1C(=O)N1CC(O)C[C@H]1C(=O)O. The zero-order chi connectivity index (χ0) is 14.9. The summed E-state index contributed by atoms with van der Waals surface area (Å²) in [6, 6.07) is -2.61. The van der Waals surface area contributed by atoms with Crippen molar-refractivity contribution in [1.82, 2.24) is 9.80 Å². The molecular weight excluding hydrogens is 270 g/mol. The van der Waals surface area contributed by atoms with Gasteiger partial charge in [-0.15, -0.1) is 0 Å². The van der Waals surface area contributed by atoms with Crippen molar-refractivity contribution in [3.8, 4) is 0 Å². The molecule has 0 spiro atoms. The predicted molar refractivity (Wildman–Crippen MR) is 64.7 cm³/mol. The van der Waals surface area contributed by atoms with Crippen molar-refractivity contribution in [3.63, 3.8) is 0 Å². The van der Waals surface area contributed by atoms with Crippen molar-refractivity contribution >= 4 is 17.9 Å². The van der Waals surface area contributed by atoms with Crippen LogP contribution < -0.4 is 5.73 Å². The largest absolute Gasteiger partial charge is 0.480 e. The summed E-state index contributed by atoms with van der Waals surface area (Å²) in [5.74, 6) is -1.89. The minimum Gasteiger partial charge on any atom is -0.480 e. The van der Waals surface area contributed by atoms with Gasteiger partial charge in [0.25, 0.3) is 0 Å². The number of carbonyl (C=O) groups excluding carboxylic acids is 2. The van der Waals surface area contributed by atoms with Gasteiger partial charge in [-0.05, 0) is 0 Å². The topological polar surface area (TPSA) is 133 Å². The Balaban J connectivity index is 2.16. The quantitative estimate of drug-likeness (QED) is 0.528. The summed E-state index contributed by atoms with van der Waals surface area (Å²) in [4.78, 5) is 37.1. The maximum atomic E-state index is 12.4. The molecule has 2 fully saturated rings. The van der Waals surface area contributed by atoms with Crippen LogP contribution in [-0.4, -0.2) is 82.4 Å². The minimum absolute atomic E-state index is 0.00476. The third-order valence-corrected chi connectivity index (χ3v) is 3.51. The molecular formula is C11H17N3O6. The number of morpholine rings is 1. The number of aliphatic hydroxyl groups excluding tert-OH is 1. The predicted octanol–water partition coefficient (Wildman–Crippen LogP) is -2.19. The third kappa shape index (κ3) is 2.68. The number of carboxylic acids is 1. The van der Waals surface area contributed by atoms with Crippen molar-refractivity contribution in [2.45, 2.75) is 24.6 Å². The van der Waals surface area contributed by atoms with Crippen molar-refractivity contribution in [2.24, 2.45) is 5.73 Å². The van der Waals surface area contributed by atoms with Gasteiger partial charge in [-0.25, -0.2) is 9.59 Å². The van der Waals surface area contributed by atoms with E-state index in [1.165, 1.54) is 4.90 Å². The first-order chi connectivity index (χ1) is 9.41. The highest BCUT2D eigenvalue weighted by atomic mass is 16.5. The second kappa shape index (κ2) is 5.63. The molecule has 3 atom stereocenters. The van der Waals surface area contributed by atoms with Crippen LogP contribution >= 0.6 is 0 Å². The first kappa shape index (κ1) is 14.5. The number of amides is 3. The molecule has 2 rings (SSSR count). The molecule has 9 nitrogen and oxygen atoms in total. The van der Waals surface area contributed by atoms with E-state index in [1.54, 1.807) is 0 Å². The first-order valence-electron chi connectivity index (χ1n) is 6.27. The molecule has 0 aliphatic carbocycles. The molecule has 0 radical (unpaired) electrons. The fourth-order valence-electron chi connectivity index (χ4n) is 2.49. The molecule has 2 aliphatic rings. The highest BCUT2D eigenvalue weighted by Crippen LogP contribution is 2.21. The molecule has 0 bridgehead atoms. The zero-order valence-corrected chi connectivity index (χ0v) is 10.8. The van der Waals surface area contributed by atoms with Gasteiger partial charge in [-0.3, -0.25) is 4.79 Å². The van der Waals surface area contributed by atoms with Crippen LogP contribution in [0.15, 0.2) is 0 Å². The number of rotatable bonds is 2. The monoisotopic (exact) mass is 287 g/mol. The number of aliphatic carboxylic acids is 1. The molecule has 112 valence electrons. The van der Waals surface area contributed by atoms with E-state index < -0.39 is 36.1 Å². The zero-order valence-electron chi connectivity index (χ0n) is 10.8. The second-order valence-corrected chi connectivity index (χ2v) is 4.86. The Morgan fingerprint density at radius 1 is 1.20 bits per heavy atom. The number of β-amino-alcohol motifs (C(OH)–C–C–N with tert-alkyl or cyclic N) is 1. The molecule has 0 saturated carbocycles. The maximum Gasteiger partial charge on any atom is 0.326 e. The molecule has 0 aromatic carbocycles. The van der Waals surface area contributed by atoms with Crippen LogP contribution in [0.4, 0.5) is 4.79 Å².